The lowest BCUT2D eigenvalue weighted by molar-refractivity contribution is -0.892. The fraction of sp³-hybridized carbons (Fsp3) is 0.263. The summed E-state index contributed by atoms with van der Waals surface area (Å²) in [5, 5.41) is 1.70. The monoisotopic (exact) mass is 390 g/mol. The molecule has 26 heavy (non-hydrogen) atoms. The van der Waals surface area contributed by atoms with E-state index >= 15 is 0 Å². The van der Waals surface area contributed by atoms with Gasteiger partial charge in [0.25, 0.3) is 0 Å². The molecule has 0 bridgehead atoms. The second-order valence-corrected chi connectivity index (χ2v) is 7.90. The molecule has 1 N–H and O–H groups in total. The van der Waals surface area contributed by atoms with E-state index < -0.39 is 0 Å². The predicted molar refractivity (Wildman–Crippen MR) is 103 cm³/mol. The van der Waals surface area contributed by atoms with Crippen LogP contribution in [0.2, 0.25) is 5.02 Å². The zero-order chi connectivity index (χ0) is 18.1. The van der Waals surface area contributed by atoms with E-state index in [9.17, 15) is 9.18 Å². The molecule has 2 heterocycles. The van der Waals surface area contributed by atoms with E-state index in [-0.39, 0.29) is 11.6 Å². The zero-order valence-electron chi connectivity index (χ0n) is 14.0. The van der Waals surface area contributed by atoms with Gasteiger partial charge < -0.3 is 9.80 Å². The number of carbonyl (C=O) groups is 1. The van der Waals surface area contributed by atoms with E-state index in [4.69, 9.17) is 11.6 Å². The summed E-state index contributed by atoms with van der Waals surface area (Å²) < 4.78 is 14.1. The van der Waals surface area contributed by atoms with Gasteiger partial charge in [-0.15, -0.1) is 0 Å². The van der Waals surface area contributed by atoms with Crippen LogP contribution in [0, 0.1) is 5.82 Å². The van der Waals surface area contributed by atoms with Crippen molar-refractivity contribution < 1.29 is 14.1 Å². The number of fused-ring (bicyclic) bond motifs is 1. The molecule has 0 unspecified atom stereocenters. The summed E-state index contributed by atoms with van der Waals surface area (Å²) in [7, 11) is 0. The minimum absolute atomic E-state index is 0.0584. The van der Waals surface area contributed by atoms with E-state index in [1.807, 2.05) is 18.2 Å². The first kappa shape index (κ1) is 17.4. The minimum atomic E-state index is -0.320. The maximum absolute atomic E-state index is 13.0. The van der Waals surface area contributed by atoms with Crippen LogP contribution in [0.25, 0.3) is 10.2 Å². The van der Waals surface area contributed by atoms with E-state index in [1.54, 1.807) is 23.5 Å². The van der Waals surface area contributed by atoms with E-state index in [2.05, 4.69) is 9.88 Å². The standard InChI is InChI=1S/C19H17ClFN3OS/c20-14-3-6-18-16(11-14)22-19(26-18)24-9-7-23(8-10-24)12-17(25)13-1-4-15(21)5-2-13/h1-6,11H,7-10,12H2/p+1. The maximum Gasteiger partial charge on any atom is 0.216 e. The fourth-order valence-electron chi connectivity index (χ4n) is 3.18. The fourth-order valence-corrected chi connectivity index (χ4v) is 4.34. The average molecular weight is 391 g/mol. The van der Waals surface area contributed by atoms with Gasteiger partial charge in [-0.1, -0.05) is 22.9 Å². The van der Waals surface area contributed by atoms with Crippen LogP contribution in [0.3, 0.4) is 0 Å². The van der Waals surface area contributed by atoms with E-state index in [0.717, 1.165) is 41.5 Å². The van der Waals surface area contributed by atoms with Crippen molar-refractivity contribution in [2.45, 2.75) is 0 Å². The Bertz CT molecular complexity index is 936. The lowest BCUT2D eigenvalue weighted by atomic mass is 10.1. The number of halogens is 2. The summed E-state index contributed by atoms with van der Waals surface area (Å²) in [4.78, 5) is 20.6. The number of nitrogens with zero attached hydrogens (tertiary/aromatic N) is 2. The molecule has 134 valence electrons. The van der Waals surface area contributed by atoms with Crippen molar-refractivity contribution in [2.24, 2.45) is 0 Å². The van der Waals surface area contributed by atoms with Gasteiger partial charge in [0.2, 0.25) is 5.78 Å². The Morgan fingerprint density at radius 2 is 1.92 bits per heavy atom. The lowest BCUT2D eigenvalue weighted by Gasteiger charge is -2.31. The number of anilines is 1. The van der Waals surface area contributed by atoms with Crippen molar-refractivity contribution >= 4 is 44.1 Å². The molecular weight excluding hydrogens is 373 g/mol. The number of quaternary nitrogens is 1. The summed E-state index contributed by atoms with van der Waals surface area (Å²) in [5.74, 6) is -0.261. The quantitative estimate of drug-likeness (QED) is 0.696. The first-order valence-electron chi connectivity index (χ1n) is 8.52. The number of piperazine rings is 1. The van der Waals surface area contributed by atoms with Gasteiger partial charge in [0.15, 0.2) is 5.13 Å². The molecule has 4 rings (SSSR count). The Kier molecular flexibility index (Phi) is 4.89. The van der Waals surface area contributed by atoms with Crippen molar-refractivity contribution in [3.8, 4) is 0 Å². The SMILES string of the molecule is O=C(C[NH+]1CCN(c2nc3cc(Cl)ccc3s2)CC1)c1ccc(F)cc1. The smallest absolute Gasteiger partial charge is 0.216 e. The van der Waals surface area contributed by atoms with Gasteiger partial charge in [-0.05, 0) is 42.5 Å². The van der Waals surface area contributed by atoms with Crippen LogP contribution in [0.1, 0.15) is 10.4 Å². The van der Waals surface area contributed by atoms with Gasteiger partial charge >= 0.3 is 0 Å². The van der Waals surface area contributed by atoms with Gasteiger partial charge in [0, 0.05) is 10.6 Å². The predicted octanol–water partition coefficient (Wildman–Crippen LogP) is 2.68. The molecule has 0 radical (unpaired) electrons. The minimum Gasteiger partial charge on any atom is -0.337 e. The molecule has 2 aromatic carbocycles. The van der Waals surface area contributed by atoms with Gasteiger partial charge in [-0.3, -0.25) is 4.79 Å². The van der Waals surface area contributed by atoms with Gasteiger partial charge in [0.05, 0.1) is 36.4 Å². The molecule has 1 aliphatic rings. The molecule has 4 nitrogen and oxygen atoms in total. The molecule has 3 aromatic rings. The highest BCUT2D eigenvalue weighted by Gasteiger charge is 2.24. The third-order valence-corrected chi connectivity index (χ3v) is 5.99. The maximum atomic E-state index is 13.0. The second-order valence-electron chi connectivity index (χ2n) is 6.45. The largest absolute Gasteiger partial charge is 0.337 e. The van der Waals surface area contributed by atoms with Gasteiger partial charge in [0.1, 0.15) is 12.4 Å². The molecule has 0 spiro atoms. The summed E-state index contributed by atoms with van der Waals surface area (Å²) in [6.07, 6.45) is 0. The number of aromatic nitrogens is 1. The molecule has 0 saturated carbocycles. The number of Topliss-reactive ketones (excluding diaryl/α,β-unsaturated/α-hetero) is 1. The Morgan fingerprint density at radius 3 is 2.65 bits per heavy atom. The average Bonchev–Trinajstić information content (AvgIpc) is 3.06. The second kappa shape index (κ2) is 7.31. The van der Waals surface area contributed by atoms with Crippen LogP contribution in [-0.2, 0) is 0 Å². The van der Waals surface area contributed by atoms with Crippen molar-refractivity contribution in [3.63, 3.8) is 0 Å². The number of ketones is 1. The molecular formula is C19H18ClFN3OS+. The molecule has 0 amide bonds. The molecule has 1 aliphatic heterocycles. The molecule has 0 atom stereocenters. The molecule has 1 aromatic heterocycles. The number of carbonyl (C=O) groups excluding carboxylic acids is 1. The van der Waals surface area contributed by atoms with E-state index in [0.29, 0.717) is 17.1 Å². The number of hydrogen-bond acceptors (Lipinski definition) is 4. The Morgan fingerprint density at radius 1 is 1.19 bits per heavy atom. The highest BCUT2D eigenvalue weighted by atomic mass is 35.5. The molecule has 1 saturated heterocycles. The molecule has 1 fully saturated rings. The van der Waals surface area contributed by atoms with E-state index in [1.165, 1.54) is 17.0 Å². The Hall–Kier alpha value is -2.02. The highest BCUT2D eigenvalue weighted by molar-refractivity contribution is 7.22. The zero-order valence-corrected chi connectivity index (χ0v) is 15.6. The summed E-state index contributed by atoms with van der Waals surface area (Å²) in [6.45, 7) is 3.92. The summed E-state index contributed by atoms with van der Waals surface area (Å²) in [6, 6.07) is 11.6. The third-order valence-electron chi connectivity index (χ3n) is 4.66. The normalized spacial score (nSPS) is 15.5. The first-order valence-corrected chi connectivity index (χ1v) is 9.71. The van der Waals surface area contributed by atoms with Crippen molar-refractivity contribution in [1.29, 1.82) is 0 Å². The van der Waals surface area contributed by atoms with Crippen LogP contribution in [-0.4, -0.2) is 43.5 Å². The van der Waals surface area contributed by atoms with Crippen molar-refractivity contribution in [2.75, 3.05) is 37.6 Å². The molecule has 7 heteroatoms. The topological polar surface area (TPSA) is 37.6 Å². The summed E-state index contributed by atoms with van der Waals surface area (Å²) in [5.41, 5.74) is 1.50. The first-order chi connectivity index (χ1) is 12.6. The number of rotatable bonds is 4. The van der Waals surface area contributed by atoms with Gasteiger partial charge in [-0.2, -0.15) is 0 Å². The van der Waals surface area contributed by atoms with Crippen LogP contribution >= 0.6 is 22.9 Å². The lowest BCUT2D eigenvalue weighted by Crippen LogP contribution is -3.15. The number of thiazole rings is 1. The van der Waals surface area contributed by atoms with Crippen LogP contribution < -0.4 is 9.80 Å². The number of benzene rings is 2. The Balaban J connectivity index is 1.37. The van der Waals surface area contributed by atoms with Crippen LogP contribution in [0.5, 0.6) is 0 Å². The third kappa shape index (κ3) is 3.72. The highest BCUT2D eigenvalue weighted by Crippen LogP contribution is 2.30. The van der Waals surface area contributed by atoms with Crippen LogP contribution in [0.4, 0.5) is 9.52 Å². The van der Waals surface area contributed by atoms with Crippen molar-refractivity contribution in [3.05, 3.63) is 58.9 Å². The van der Waals surface area contributed by atoms with Crippen molar-refractivity contribution in [1.82, 2.24) is 4.98 Å². The summed E-state index contributed by atoms with van der Waals surface area (Å²) >= 11 is 7.71. The Labute approximate surface area is 159 Å². The van der Waals surface area contributed by atoms with Gasteiger partial charge in [-0.25, -0.2) is 9.37 Å². The van der Waals surface area contributed by atoms with Crippen LogP contribution in [0.15, 0.2) is 42.5 Å². The number of hydrogen-bond donors (Lipinski definition) is 1. The number of nitrogens with one attached hydrogen (secondary N) is 1. The molecule has 0 aliphatic carbocycles.